The van der Waals surface area contributed by atoms with Gasteiger partial charge in [-0.25, -0.2) is 4.98 Å². The number of aromatic nitrogens is 3. The molecule has 0 aliphatic rings. The molecule has 0 amide bonds. The predicted octanol–water partition coefficient (Wildman–Crippen LogP) is 3.67. The third-order valence-corrected chi connectivity index (χ3v) is 4.50. The molecule has 2 heterocycles. The summed E-state index contributed by atoms with van der Waals surface area (Å²) in [6.07, 6.45) is 3.12. The van der Waals surface area contributed by atoms with Crippen LogP contribution in [0.5, 0.6) is 0 Å². The molecular formula is C18H13IN4O. The molecule has 0 bridgehead atoms. The van der Waals surface area contributed by atoms with Crippen molar-refractivity contribution in [3.63, 3.8) is 0 Å². The average molecular weight is 428 g/mol. The normalized spacial score (nSPS) is 11.8. The van der Waals surface area contributed by atoms with Crippen LogP contribution < -0.4 is 5.56 Å². The first-order valence-corrected chi connectivity index (χ1v) is 8.49. The van der Waals surface area contributed by atoms with Gasteiger partial charge in [-0.3, -0.25) is 4.79 Å². The molecular weight excluding hydrogens is 415 g/mol. The fourth-order valence-corrected chi connectivity index (χ4v) is 3.23. The van der Waals surface area contributed by atoms with Crippen LogP contribution in [-0.2, 0) is 0 Å². The third-order valence-electron chi connectivity index (χ3n) is 3.82. The summed E-state index contributed by atoms with van der Waals surface area (Å²) in [6, 6.07) is 13.9. The van der Waals surface area contributed by atoms with Crippen LogP contribution >= 0.6 is 22.6 Å². The molecule has 4 rings (SSSR count). The van der Waals surface area contributed by atoms with Crippen LogP contribution in [0.2, 0.25) is 0 Å². The van der Waals surface area contributed by atoms with E-state index in [1.165, 1.54) is 11.0 Å². The smallest absolute Gasteiger partial charge is 0.298 e. The Morgan fingerprint density at radius 2 is 2.12 bits per heavy atom. The first kappa shape index (κ1) is 15.1. The Balaban J connectivity index is 1.84. The van der Waals surface area contributed by atoms with Crippen LogP contribution in [0.1, 0.15) is 11.1 Å². The molecule has 0 fully saturated rings. The van der Waals surface area contributed by atoms with Gasteiger partial charge in [-0.2, -0.15) is 9.78 Å². The van der Waals surface area contributed by atoms with Crippen molar-refractivity contribution in [2.75, 3.05) is 0 Å². The van der Waals surface area contributed by atoms with E-state index in [4.69, 9.17) is 0 Å². The van der Waals surface area contributed by atoms with Gasteiger partial charge in [0.1, 0.15) is 17.4 Å². The molecule has 0 aliphatic carbocycles. The molecule has 2 aromatic carbocycles. The van der Waals surface area contributed by atoms with Gasteiger partial charge in [0.05, 0.1) is 6.21 Å². The molecule has 6 heteroatoms. The lowest BCUT2D eigenvalue weighted by Crippen LogP contribution is -2.17. The number of hydrogen-bond acceptors (Lipinski definition) is 3. The van der Waals surface area contributed by atoms with E-state index in [0.717, 1.165) is 25.6 Å². The van der Waals surface area contributed by atoms with Gasteiger partial charge in [-0.1, -0.05) is 23.8 Å². The first-order chi connectivity index (χ1) is 11.6. The summed E-state index contributed by atoms with van der Waals surface area (Å²) in [5.74, 6) is 0. The largest absolute Gasteiger partial charge is 0.349 e. The monoisotopic (exact) mass is 428 g/mol. The first-order valence-electron chi connectivity index (χ1n) is 7.41. The van der Waals surface area contributed by atoms with Gasteiger partial charge in [0, 0.05) is 14.5 Å². The summed E-state index contributed by atoms with van der Waals surface area (Å²) in [5.41, 5.74) is 3.90. The molecule has 2 aromatic heterocycles. The van der Waals surface area contributed by atoms with Gasteiger partial charge < -0.3 is 4.98 Å². The molecule has 118 valence electrons. The minimum Gasteiger partial charge on any atom is -0.349 e. The van der Waals surface area contributed by atoms with Gasteiger partial charge in [-0.05, 0) is 59.3 Å². The standard InChI is InChI=1S/C18H13IN4O/c1-11-5-6-15-14(7-11)16-17(22-15)18(24)23(10-20-16)21-9-12-3-2-4-13(19)8-12/h2-10,22H,1H3/b21-9+. The summed E-state index contributed by atoms with van der Waals surface area (Å²) in [4.78, 5) is 20.2. The summed E-state index contributed by atoms with van der Waals surface area (Å²) >= 11 is 2.24. The number of rotatable bonds is 2. The Bertz CT molecular complexity index is 1160. The molecule has 0 unspecified atom stereocenters. The minimum absolute atomic E-state index is 0.212. The van der Waals surface area contributed by atoms with Crippen LogP contribution in [0.15, 0.2) is 58.7 Å². The second-order valence-corrected chi connectivity index (χ2v) is 6.84. The Morgan fingerprint density at radius 1 is 1.25 bits per heavy atom. The molecule has 0 saturated carbocycles. The number of benzene rings is 2. The molecule has 0 atom stereocenters. The molecule has 0 saturated heterocycles. The lowest BCUT2D eigenvalue weighted by molar-refractivity contribution is 0.815. The average Bonchev–Trinajstić information content (AvgIpc) is 2.93. The minimum atomic E-state index is -0.212. The van der Waals surface area contributed by atoms with Crippen LogP contribution in [0.25, 0.3) is 21.9 Å². The van der Waals surface area contributed by atoms with Gasteiger partial charge in [0.15, 0.2) is 0 Å². The van der Waals surface area contributed by atoms with Crippen molar-refractivity contribution in [2.45, 2.75) is 6.92 Å². The van der Waals surface area contributed by atoms with Gasteiger partial charge >= 0.3 is 0 Å². The summed E-state index contributed by atoms with van der Waals surface area (Å²) < 4.78 is 2.37. The van der Waals surface area contributed by atoms with Crippen LogP contribution in [0, 0.1) is 10.5 Å². The lowest BCUT2D eigenvalue weighted by Gasteiger charge is -1.98. The molecule has 0 spiro atoms. The zero-order valence-electron chi connectivity index (χ0n) is 12.8. The Labute approximate surface area is 151 Å². The number of fused-ring (bicyclic) bond motifs is 3. The van der Waals surface area contributed by atoms with Gasteiger partial charge in [0.2, 0.25) is 0 Å². The second-order valence-electron chi connectivity index (χ2n) is 5.59. The van der Waals surface area contributed by atoms with Gasteiger partial charge in [-0.15, -0.1) is 0 Å². The fraction of sp³-hybridized carbons (Fsp3) is 0.0556. The van der Waals surface area contributed by atoms with E-state index >= 15 is 0 Å². The second kappa shape index (κ2) is 5.86. The number of aryl methyl sites for hydroxylation is 1. The highest BCUT2D eigenvalue weighted by molar-refractivity contribution is 14.1. The van der Waals surface area contributed by atoms with Crippen molar-refractivity contribution in [3.8, 4) is 0 Å². The van der Waals surface area contributed by atoms with E-state index in [2.05, 4.69) is 37.7 Å². The predicted molar refractivity (Wildman–Crippen MR) is 105 cm³/mol. The van der Waals surface area contributed by atoms with E-state index in [9.17, 15) is 4.79 Å². The number of nitrogens with zero attached hydrogens (tertiary/aromatic N) is 3. The van der Waals surface area contributed by atoms with Crippen molar-refractivity contribution in [1.82, 2.24) is 14.6 Å². The molecule has 0 radical (unpaired) electrons. The number of hydrogen-bond donors (Lipinski definition) is 1. The molecule has 5 nitrogen and oxygen atoms in total. The molecule has 4 aromatic rings. The quantitative estimate of drug-likeness (QED) is 0.391. The third kappa shape index (κ3) is 2.62. The SMILES string of the molecule is Cc1ccc2[nH]c3c(=O)n(/N=C/c4cccc(I)c4)cnc3c2c1. The van der Waals surface area contributed by atoms with E-state index in [1.54, 1.807) is 6.21 Å². The zero-order chi connectivity index (χ0) is 16.7. The maximum Gasteiger partial charge on any atom is 0.298 e. The van der Waals surface area contributed by atoms with Crippen molar-refractivity contribution >= 4 is 50.7 Å². The topological polar surface area (TPSA) is 63.0 Å². The highest BCUT2D eigenvalue weighted by Crippen LogP contribution is 2.22. The van der Waals surface area contributed by atoms with Crippen molar-refractivity contribution < 1.29 is 0 Å². The van der Waals surface area contributed by atoms with E-state index < -0.39 is 0 Å². The number of nitrogens with one attached hydrogen (secondary N) is 1. The molecule has 1 N–H and O–H groups in total. The fourth-order valence-electron chi connectivity index (χ4n) is 2.66. The van der Waals surface area contributed by atoms with E-state index in [-0.39, 0.29) is 5.56 Å². The van der Waals surface area contributed by atoms with Gasteiger partial charge in [0.25, 0.3) is 5.56 Å². The highest BCUT2D eigenvalue weighted by Gasteiger charge is 2.10. The summed E-state index contributed by atoms with van der Waals surface area (Å²) in [7, 11) is 0. The lowest BCUT2D eigenvalue weighted by atomic mass is 10.2. The molecule has 24 heavy (non-hydrogen) atoms. The maximum atomic E-state index is 12.6. The van der Waals surface area contributed by atoms with Crippen LogP contribution in [-0.4, -0.2) is 20.9 Å². The number of aromatic amines is 1. The van der Waals surface area contributed by atoms with Crippen molar-refractivity contribution in [2.24, 2.45) is 5.10 Å². The Kier molecular flexibility index (Phi) is 3.68. The Hall–Kier alpha value is -2.48. The van der Waals surface area contributed by atoms with E-state index in [0.29, 0.717) is 11.0 Å². The summed E-state index contributed by atoms with van der Waals surface area (Å²) in [5, 5.41) is 5.20. The number of halogens is 1. The van der Waals surface area contributed by atoms with E-state index in [1.807, 2.05) is 49.4 Å². The van der Waals surface area contributed by atoms with Crippen molar-refractivity contribution in [1.29, 1.82) is 0 Å². The van der Waals surface area contributed by atoms with Crippen LogP contribution in [0.4, 0.5) is 0 Å². The highest BCUT2D eigenvalue weighted by atomic mass is 127. The summed E-state index contributed by atoms with van der Waals surface area (Å²) in [6.45, 7) is 2.02. The van der Waals surface area contributed by atoms with Crippen molar-refractivity contribution in [3.05, 3.63) is 73.8 Å². The Morgan fingerprint density at radius 3 is 2.96 bits per heavy atom. The molecule has 0 aliphatic heterocycles. The number of H-pyrrole nitrogens is 1. The van der Waals surface area contributed by atoms with Crippen LogP contribution in [0.3, 0.4) is 0 Å². The zero-order valence-corrected chi connectivity index (χ0v) is 15.0. The maximum absolute atomic E-state index is 12.6.